The van der Waals surface area contributed by atoms with E-state index in [0.717, 1.165) is 24.0 Å². The number of hydrogen-bond acceptors (Lipinski definition) is 3. The molecule has 2 aromatic rings. The summed E-state index contributed by atoms with van der Waals surface area (Å²) in [4.78, 5) is 42.5. The van der Waals surface area contributed by atoms with E-state index < -0.39 is 0 Å². The molecule has 0 radical (unpaired) electrons. The van der Waals surface area contributed by atoms with Crippen molar-refractivity contribution in [1.29, 1.82) is 0 Å². The Balaban J connectivity index is 1.45. The van der Waals surface area contributed by atoms with Crippen LogP contribution in [0.25, 0.3) is 0 Å². The molecule has 180 valence electrons. The van der Waals surface area contributed by atoms with E-state index in [0.29, 0.717) is 39.1 Å². The Bertz CT molecular complexity index is 989. The fourth-order valence-corrected chi connectivity index (χ4v) is 4.39. The summed E-state index contributed by atoms with van der Waals surface area (Å²) in [6.45, 7) is 4.33. The number of amides is 4. The van der Waals surface area contributed by atoms with Crippen molar-refractivity contribution in [3.63, 3.8) is 0 Å². The van der Waals surface area contributed by atoms with Crippen LogP contribution in [0.4, 0.5) is 4.79 Å². The van der Waals surface area contributed by atoms with E-state index in [-0.39, 0.29) is 36.2 Å². The highest BCUT2D eigenvalue weighted by Crippen LogP contribution is 2.35. The first-order chi connectivity index (χ1) is 16.5. The van der Waals surface area contributed by atoms with Gasteiger partial charge >= 0.3 is 6.03 Å². The van der Waals surface area contributed by atoms with Gasteiger partial charge in [0.2, 0.25) is 11.8 Å². The first-order valence-electron chi connectivity index (χ1n) is 12.2. The van der Waals surface area contributed by atoms with Crippen molar-refractivity contribution in [2.45, 2.75) is 45.2 Å². The average molecular weight is 463 g/mol. The summed E-state index contributed by atoms with van der Waals surface area (Å²) in [5.41, 5.74) is 3.19. The van der Waals surface area contributed by atoms with Gasteiger partial charge < -0.3 is 20.4 Å². The Hall–Kier alpha value is -3.35. The van der Waals surface area contributed by atoms with Crippen molar-refractivity contribution in [1.82, 2.24) is 20.4 Å². The Morgan fingerprint density at radius 1 is 1.00 bits per heavy atom. The molecule has 7 nitrogen and oxygen atoms in total. The van der Waals surface area contributed by atoms with E-state index in [9.17, 15) is 14.4 Å². The second-order valence-corrected chi connectivity index (χ2v) is 9.27. The van der Waals surface area contributed by atoms with E-state index in [2.05, 4.69) is 10.6 Å². The van der Waals surface area contributed by atoms with E-state index in [4.69, 9.17) is 0 Å². The number of nitrogens with one attached hydrogen (secondary N) is 2. The van der Waals surface area contributed by atoms with Gasteiger partial charge in [-0.1, -0.05) is 60.2 Å². The molecule has 1 aliphatic carbocycles. The lowest BCUT2D eigenvalue weighted by Crippen LogP contribution is -2.44. The molecular formula is C27H34N4O3. The van der Waals surface area contributed by atoms with Crippen LogP contribution in [0.5, 0.6) is 0 Å². The maximum atomic E-state index is 13.2. The second kappa shape index (κ2) is 11.2. The van der Waals surface area contributed by atoms with Crippen LogP contribution in [-0.2, 0) is 16.1 Å². The van der Waals surface area contributed by atoms with Gasteiger partial charge in [0.1, 0.15) is 0 Å². The van der Waals surface area contributed by atoms with Crippen molar-refractivity contribution < 1.29 is 14.4 Å². The lowest BCUT2D eigenvalue weighted by atomic mass is 10.0. The molecule has 1 atom stereocenters. The summed E-state index contributed by atoms with van der Waals surface area (Å²) in [7, 11) is 0. The normalized spacial score (nSPS) is 19.7. The summed E-state index contributed by atoms with van der Waals surface area (Å²) in [6.07, 6.45) is 2.71. The minimum atomic E-state index is -0.295. The largest absolute Gasteiger partial charge is 0.354 e. The summed E-state index contributed by atoms with van der Waals surface area (Å²) in [6, 6.07) is 17.4. The molecule has 1 saturated carbocycles. The number of benzene rings is 2. The van der Waals surface area contributed by atoms with Crippen LogP contribution in [-0.4, -0.2) is 53.8 Å². The lowest BCUT2D eigenvalue weighted by Gasteiger charge is -2.32. The molecule has 2 fully saturated rings. The highest BCUT2D eigenvalue weighted by Gasteiger charge is 2.37. The van der Waals surface area contributed by atoms with Gasteiger partial charge in [0.15, 0.2) is 0 Å². The van der Waals surface area contributed by atoms with Gasteiger partial charge in [-0.05, 0) is 37.3 Å². The summed E-state index contributed by atoms with van der Waals surface area (Å²) in [5.74, 6) is 0.0777. The zero-order valence-corrected chi connectivity index (χ0v) is 19.8. The molecule has 0 bridgehead atoms. The van der Waals surface area contributed by atoms with Crippen LogP contribution in [0, 0.1) is 12.8 Å². The Labute approximate surface area is 201 Å². The third-order valence-electron chi connectivity index (χ3n) is 6.53. The topological polar surface area (TPSA) is 81.8 Å². The number of hydrogen-bond donors (Lipinski definition) is 2. The molecule has 4 amide bonds. The van der Waals surface area contributed by atoms with Gasteiger partial charge in [-0.25, -0.2) is 4.79 Å². The van der Waals surface area contributed by atoms with Crippen LogP contribution in [0.15, 0.2) is 54.6 Å². The maximum absolute atomic E-state index is 13.2. The van der Waals surface area contributed by atoms with Crippen molar-refractivity contribution in [2.24, 2.45) is 5.92 Å². The molecule has 0 spiro atoms. The molecule has 4 rings (SSSR count). The zero-order valence-electron chi connectivity index (χ0n) is 19.8. The van der Waals surface area contributed by atoms with E-state index in [1.54, 1.807) is 4.90 Å². The van der Waals surface area contributed by atoms with Gasteiger partial charge in [-0.2, -0.15) is 0 Å². The van der Waals surface area contributed by atoms with Crippen molar-refractivity contribution in [2.75, 3.05) is 26.2 Å². The molecule has 7 heteroatoms. The Morgan fingerprint density at radius 2 is 1.74 bits per heavy atom. The third-order valence-corrected chi connectivity index (χ3v) is 6.53. The number of carbonyl (C=O) groups is 3. The predicted molar refractivity (Wildman–Crippen MR) is 131 cm³/mol. The minimum Gasteiger partial charge on any atom is -0.354 e. The Morgan fingerprint density at radius 3 is 2.44 bits per heavy atom. The van der Waals surface area contributed by atoms with Crippen molar-refractivity contribution in [3.8, 4) is 0 Å². The fourth-order valence-electron chi connectivity index (χ4n) is 4.39. The van der Waals surface area contributed by atoms with Crippen LogP contribution < -0.4 is 10.6 Å². The highest BCUT2D eigenvalue weighted by atomic mass is 16.2. The number of urea groups is 1. The molecule has 1 heterocycles. The van der Waals surface area contributed by atoms with Crippen molar-refractivity contribution >= 4 is 17.8 Å². The van der Waals surface area contributed by atoms with Crippen LogP contribution in [0.1, 0.15) is 48.4 Å². The second-order valence-electron chi connectivity index (χ2n) is 9.27. The molecule has 34 heavy (non-hydrogen) atoms. The molecular weight excluding hydrogens is 428 g/mol. The first-order valence-corrected chi connectivity index (χ1v) is 12.2. The van der Waals surface area contributed by atoms with Gasteiger partial charge in [0, 0.05) is 38.6 Å². The molecule has 0 aromatic heterocycles. The average Bonchev–Trinajstić information content (AvgIpc) is 3.69. The molecule has 2 aliphatic rings. The van der Waals surface area contributed by atoms with Gasteiger partial charge in [-0.15, -0.1) is 0 Å². The van der Waals surface area contributed by atoms with E-state index in [1.165, 1.54) is 5.56 Å². The Kier molecular flexibility index (Phi) is 7.83. The maximum Gasteiger partial charge on any atom is 0.317 e. The van der Waals surface area contributed by atoms with Crippen LogP contribution in [0.3, 0.4) is 0 Å². The summed E-state index contributed by atoms with van der Waals surface area (Å²) >= 11 is 0. The van der Waals surface area contributed by atoms with E-state index in [1.807, 2.05) is 66.4 Å². The molecule has 1 saturated heterocycles. The lowest BCUT2D eigenvalue weighted by molar-refractivity contribution is -0.136. The van der Waals surface area contributed by atoms with Gasteiger partial charge in [0.25, 0.3) is 0 Å². The standard InChI is InChI=1S/C27H34N4O3/c1-20-8-10-21(11-9-20)19-29-27(34)30-15-5-16-31(26(33)23-12-13-23)24(18-25(32)28-14-17-30)22-6-3-2-4-7-22/h2-4,6-11,23-24H,5,12-19H2,1H3,(H,28,32)(H,29,34). The van der Waals surface area contributed by atoms with Crippen molar-refractivity contribution in [3.05, 3.63) is 71.3 Å². The highest BCUT2D eigenvalue weighted by molar-refractivity contribution is 5.83. The summed E-state index contributed by atoms with van der Waals surface area (Å²) in [5, 5.41) is 5.94. The van der Waals surface area contributed by atoms with Gasteiger partial charge in [0.05, 0.1) is 12.5 Å². The third kappa shape index (κ3) is 6.37. The SMILES string of the molecule is Cc1ccc(CNC(=O)N2CCCN(C(=O)C3CC3)C(c3ccccc3)CC(=O)NCC2)cc1. The quantitative estimate of drug-likeness (QED) is 0.731. The van der Waals surface area contributed by atoms with Crippen LogP contribution in [0.2, 0.25) is 0 Å². The number of aryl methyl sites for hydroxylation is 1. The molecule has 1 unspecified atom stereocenters. The molecule has 2 N–H and O–H groups in total. The zero-order chi connectivity index (χ0) is 23.9. The number of carbonyl (C=O) groups excluding carboxylic acids is 3. The predicted octanol–water partition coefficient (Wildman–Crippen LogP) is 3.40. The molecule has 2 aromatic carbocycles. The minimum absolute atomic E-state index is 0.0633. The van der Waals surface area contributed by atoms with Gasteiger partial charge in [-0.3, -0.25) is 9.59 Å². The number of rotatable bonds is 4. The smallest absolute Gasteiger partial charge is 0.317 e. The number of nitrogens with zero attached hydrogens (tertiary/aromatic N) is 2. The first kappa shape index (κ1) is 23.8. The monoisotopic (exact) mass is 462 g/mol. The van der Waals surface area contributed by atoms with Crippen LogP contribution >= 0.6 is 0 Å². The van der Waals surface area contributed by atoms with E-state index >= 15 is 0 Å². The molecule has 1 aliphatic heterocycles. The summed E-state index contributed by atoms with van der Waals surface area (Å²) < 4.78 is 0. The fraction of sp³-hybridized carbons (Fsp3) is 0.444.